The van der Waals surface area contributed by atoms with E-state index < -0.39 is 12.1 Å². The molecule has 0 bridgehead atoms. The van der Waals surface area contributed by atoms with Gasteiger partial charge in [-0.15, -0.1) is 12.4 Å². The smallest absolute Gasteiger partial charge is 0.372 e. The lowest BCUT2D eigenvalue weighted by atomic mass is 9.84. The van der Waals surface area contributed by atoms with E-state index in [1.54, 1.807) is 0 Å². The molecule has 2 heterocycles. The van der Waals surface area contributed by atoms with Crippen LogP contribution in [0, 0.1) is 5.92 Å². The minimum absolute atomic E-state index is 0. The summed E-state index contributed by atoms with van der Waals surface area (Å²) < 4.78 is 41.9. The molecule has 0 radical (unpaired) electrons. The van der Waals surface area contributed by atoms with E-state index in [9.17, 15) is 13.2 Å². The maximum Gasteiger partial charge on any atom is 0.394 e. The van der Waals surface area contributed by atoms with E-state index >= 15 is 0 Å². The second-order valence-electron chi connectivity index (χ2n) is 3.87. The van der Waals surface area contributed by atoms with E-state index in [-0.39, 0.29) is 31.0 Å². The number of hydrogen-bond acceptors (Lipinski definition) is 2. The third-order valence-electron chi connectivity index (χ3n) is 2.90. The van der Waals surface area contributed by atoms with E-state index in [4.69, 9.17) is 4.74 Å². The molecule has 2 nitrogen and oxygen atoms in total. The fourth-order valence-electron chi connectivity index (χ4n) is 1.81. The Morgan fingerprint density at radius 3 is 2.21 bits per heavy atom. The van der Waals surface area contributed by atoms with Crippen molar-refractivity contribution in [3.63, 3.8) is 0 Å². The normalized spacial score (nSPS) is 30.6. The highest BCUT2D eigenvalue weighted by molar-refractivity contribution is 5.85. The van der Waals surface area contributed by atoms with Gasteiger partial charge in [-0.2, -0.15) is 13.2 Å². The first-order chi connectivity index (χ1) is 6.02. The third-order valence-corrected chi connectivity index (χ3v) is 2.90. The molecular formula is C8H13ClF3NO. The molecule has 0 aromatic rings. The Morgan fingerprint density at radius 1 is 1.29 bits per heavy atom. The standard InChI is InChI=1S/C8H12F3NO.ClH/c9-8(10,11)6-1-2-7(13-3-6)4-12-5-7;/h6,12H,1-5H2;1H. The SMILES string of the molecule is Cl.FC(F)(F)C1CCC2(CNC2)OC1. The van der Waals surface area contributed by atoms with Crippen LogP contribution in [0.3, 0.4) is 0 Å². The van der Waals surface area contributed by atoms with Gasteiger partial charge in [0.2, 0.25) is 0 Å². The largest absolute Gasteiger partial charge is 0.394 e. The van der Waals surface area contributed by atoms with Crippen molar-refractivity contribution in [2.24, 2.45) is 5.92 Å². The van der Waals surface area contributed by atoms with Crippen LogP contribution < -0.4 is 5.32 Å². The van der Waals surface area contributed by atoms with E-state index in [1.807, 2.05) is 0 Å². The summed E-state index contributed by atoms with van der Waals surface area (Å²) in [4.78, 5) is 0. The summed E-state index contributed by atoms with van der Waals surface area (Å²) in [6, 6.07) is 0. The van der Waals surface area contributed by atoms with Gasteiger partial charge in [-0.05, 0) is 12.8 Å². The average Bonchev–Trinajstić information content (AvgIpc) is 2.00. The second-order valence-corrected chi connectivity index (χ2v) is 3.87. The molecule has 2 fully saturated rings. The minimum atomic E-state index is -4.08. The maximum absolute atomic E-state index is 12.2. The summed E-state index contributed by atoms with van der Waals surface area (Å²) in [5.41, 5.74) is -0.262. The highest BCUT2D eigenvalue weighted by atomic mass is 35.5. The monoisotopic (exact) mass is 231 g/mol. The Hall–Kier alpha value is -0.0000000000000000416. The fraction of sp³-hybridized carbons (Fsp3) is 1.00. The van der Waals surface area contributed by atoms with Crippen molar-refractivity contribution < 1.29 is 17.9 Å². The lowest BCUT2D eigenvalue weighted by molar-refractivity contribution is -0.230. The lowest BCUT2D eigenvalue weighted by Crippen LogP contribution is -2.63. The van der Waals surface area contributed by atoms with Crippen LogP contribution in [0.1, 0.15) is 12.8 Å². The molecule has 2 aliphatic rings. The average molecular weight is 232 g/mol. The van der Waals surface area contributed by atoms with Crippen molar-refractivity contribution in [3.05, 3.63) is 0 Å². The third kappa shape index (κ3) is 2.15. The van der Waals surface area contributed by atoms with Crippen molar-refractivity contribution in [1.82, 2.24) is 5.32 Å². The maximum atomic E-state index is 12.2. The topological polar surface area (TPSA) is 21.3 Å². The fourth-order valence-corrected chi connectivity index (χ4v) is 1.81. The Labute approximate surface area is 86.6 Å². The quantitative estimate of drug-likeness (QED) is 0.686. The van der Waals surface area contributed by atoms with E-state index in [0.717, 1.165) is 0 Å². The molecule has 2 saturated heterocycles. The van der Waals surface area contributed by atoms with Gasteiger partial charge in [-0.3, -0.25) is 0 Å². The molecule has 2 aliphatic heterocycles. The zero-order chi connectivity index (χ0) is 9.53. The summed E-state index contributed by atoms with van der Waals surface area (Å²) in [7, 11) is 0. The lowest BCUT2D eigenvalue weighted by Gasteiger charge is -2.47. The van der Waals surface area contributed by atoms with Crippen LogP contribution in [0.25, 0.3) is 0 Å². The zero-order valence-electron chi connectivity index (χ0n) is 7.56. The minimum Gasteiger partial charge on any atom is -0.372 e. The van der Waals surface area contributed by atoms with Crippen molar-refractivity contribution in [1.29, 1.82) is 0 Å². The van der Waals surface area contributed by atoms with E-state index in [1.165, 1.54) is 0 Å². The Bertz CT molecular complexity index is 195. The summed E-state index contributed by atoms with van der Waals surface area (Å²) in [6.07, 6.45) is -3.34. The molecular weight excluding hydrogens is 219 g/mol. The summed E-state index contributed by atoms with van der Waals surface area (Å²) >= 11 is 0. The van der Waals surface area contributed by atoms with Gasteiger partial charge < -0.3 is 10.1 Å². The molecule has 1 spiro atoms. The van der Waals surface area contributed by atoms with Crippen molar-refractivity contribution in [2.45, 2.75) is 24.6 Å². The van der Waals surface area contributed by atoms with Crippen LogP contribution in [0.4, 0.5) is 13.2 Å². The van der Waals surface area contributed by atoms with Gasteiger partial charge in [0, 0.05) is 13.1 Å². The number of ether oxygens (including phenoxy) is 1. The molecule has 0 aromatic carbocycles. The van der Waals surface area contributed by atoms with Gasteiger partial charge in [0.25, 0.3) is 0 Å². The molecule has 0 amide bonds. The van der Waals surface area contributed by atoms with Gasteiger partial charge in [0.1, 0.15) is 0 Å². The highest BCUT2D eigenvalue weighted by Crippen LogP contribution is 2.38. The summed E-state index contributed by atoms with van der Waals surface area (Å²) in [5.74, 6) is -1.25. The number of nitrogens with one attached hydrogen (secondary N) is 1. The Morgan fingerprint density at radius 2 is 1.93 bits per heavy atom. The van der Waals surface area contributed by atoms with Crippen molar-refractivity contribution >= 4 is 12.4 Å². The van der Waals surface area contributed by atoms with Crippen LogP contribution in [0.2, 0.25) is 0 Å². The zero-order valence-corrected chi connectivity index (χ0v) is 8.38. The predicted molar refractivity (Wildman–Crippen MR) is 47.6 cm³/mol. The van der Waals surface area contributed by atoms with Crippen molar-refractivity contribution in [2.75, 3.05) is 19.7 Å². The van der Waals surface area contributed by atoms with Gasteiger partial charge in [-0.1, -0.05) is 0 Å². The second kappa shape index (κ2) is 3.87. The Balaban J connectivity index is 0.000000980. The van der Waals surface area contributed by atoms with E-state index in [0.29, 0.717) is 19.5 Å². The molecule has 1 unspecified atom stereocenters. The van der Waals surface area contributed by atoms with Crippen LogP contribution in [-0.2, 0) is 4.74 Å². The first-order valence-corrected chi connectivity index (χ1v) is 4.43. The van der Waals surface area contributed by atoms with Gasteiger partial charge in [0.05, 0.1) is 18.1 Å². The van der Waals surface area contributed by atoms with E-state index in [2.05, 4.69) is 5.32 Å². The van der Waals surface area contributed by atoms with Gasteiger partial charge >= 0.3 is 6.18 Å². The first-order valence-electron chi connectivity index (χ1n) is 4.43. The molecule has 0 saturated carbocycles. The number of hydrogen-bond donors (Lipinski definition) is 1. The molecule has 1 N–H and O–H groups in total. The predicted octanol–water partition coefficient (Wildman–Crippen LogP) is 1.74. The highest BCUT2D eigenvalue weighted by Gasteiger charge is 2.48. The number of alkyl halides is 3. The van der Waals surface area contributed by atoms with Crippen LogP contribution >= 0.6 is 12.4 Å². The molecule has 14 heavy (non-hydrogen) atoms. The molecule has 1 atom stereocenters. The molecule has 84 valence electrons. The molecule has 6 heteroatoms. The van der Waals surface area contributed by atoms with Gasteiger partial charge in [0.15, 0.2) is 0 Å². The molecule has 2 rings (SSSR count). The molecule has 0 aromatic heterocycles. The van der Waals surface area contributed by atoms with Crippen LogP contribution in [0.15, 0.2) is 0 Å². The summed E-state index contributed by atoms with van der Waals surface area (Å²) in [6.45, 7) is 1.25. The summed E-state index contributed by atoms with van der Waals surface area (Å²) in [5, 5.41) is 3.02. The Kier molecular flexibility index (Phi) is 3.33. The van der Waals surface area contributed by atoms with Crippen molar-refractivity contribution in [3.8, 4) is 0 Å². The first kappa shape index (κ1) is 12.1. The number of rotatable bonds is 0. The van der Waals surface area contributed by atoms with Gasteiger partial charge in [-0.25, -0.2) is 0 Å². The number of halogens is 4. The molecule has 0 aliphatic carbocycles. The van der Waals surface area contributed by atoms with Crippen LogP contribution in [-0.4, -0.2) is 31.5 Å². The van der Waals surface area contributed by atoms with Crippen LogP contribution in [0.5, 0.6) is 0 Å².